The van der Waals surface area contributed by atoms with Crippen LogP contribution < -0.4 is 0 Å². The van der Waals surface area contributed by atoms with Crippen molar-refractivity contribution in [3.05, 3.63) is 53.3 Å². The molecule has 1 saturated heterocycles. The molecule has 1 atom stereocenters. The first kappa shape index (κ1) is 17.4. The van der Waals surface area contributed by atoms with E-state index in [0.29, 0.717) is 6.04 Å². The molecule has 1 unspecified atom stereocenters. The monoisotopic (exact) mass is 374 g/mol. The van der Waals surface area contributed by atoms with E-state index in [4.69, 9.17) is 0 Å². The van der Waals surface area contributed by atoms with Gasteiger partial charge in [0, 0.05) is 46.9 Å². The van der Waals surface area contributed by atoms with Crippen LogP contribution in [0.15, 0.2) is 51.1 Å². The van der Waals surface area contributed by atoms with Crippen LogP contribution >= 0.6 is 23.5 Å². The van der Waals surface area contributed by atoms with E-state index >= 15 is 0 Å². The van der Waals surface area contributed by atoms with Crippen LogP contribution in [0.1, 0.15) is 17.2 Å². The van der Waals surface area contributed by atoms with Gasteiger partial charge in [0.1, 0.15) is 5.82 Å². The summed E-state index contributed by atoms with van der Waals surface area (Å²) in [7, 11) is 2.19. The van der Waals surface area contributed by atoms with Crippen LogP contribution in [0.4, 0.5) is 4.39 Å². The molecule has 0 bridgehead atoms. The van der Waals surface area contributed by atoms with E-state index < -0.39 is 0 Å². The van der Waals surface area contributed by atoms with Crippen molar-refractivity contribution >= 4 is 23.5 Å². The summed E-state index contributed by atoms with van der Waals surface area (Å²) in [6, 6.07) is 12.4. The summed E-state index contributed by atoms with van der Waals surface area (Å²) in [6.45, 7) is 4.39. The third-order valence-electron chi connectivity index (χ3n) is 5.22. The number of fused-ring (bicyclic) bond motifs is 2. The number of likely N-dealkylation sites (N-methyl/N-ethyl adjacent to an activating group) is 1. The summed E-state index contributed by atoms with van der Waals surface area (Å²) in [5, 5.41) is 0. The van der Waals surface area contributed by atoms with Crippen LogP contribution in [0, 0.1) is 5.82 Å². The van der Waals surface area contributed by atoms with Gasteiger partial charge < -0.3 is 4.90 Å². The topological polar surface area (TPSA) is 6.48 Å². The SMILES string of the molecule is CSc1ccc2c(c1)C(N1CCN(C)CC1)Cc1ccc(F)cc1S2. The highest BCUT2D eigenvalue weighted by atomic mass is 32.2. The first-order chi connectivity index (χ1) is 12.1. The summed E-state index contributed by atoms with van der Waals surface area (Å²) in [6.07, 6.45) is 3.08. The minimum Gasteiger partial charge on any atom is -0.304 e. The Balaban J connectivity index is 1.77. The molecule has 0 saturated carbocycles. The van der Waals surface area contributed by atoms with Gasteiger partial charge in [0.2, 0.25) is 0 Å². The molecule has 0 aliphatic carbocycles. The fourth-order valence-corrected chi connectivity index (χ4v) is 5.28. The Morgan fingerprint density at radius 3 is 2.60 bits per heavy atom. The van der Waals surface area contributed by atoms with Crippen LogP contribution in [0.5, 0.6) is 0 Å². The van der Waals surface area contributed by atoms with Gasteiger partial charge in [-0.25, -0.2) is 4.39 Å². The van der Waals surface area contributed by atoms with Crippen molar-refractivity contribution in [1.29, 1.82) is 0 Å². The van der Waals surface area contributed by atoms with E-state index in [1.807, 2.05) is 6.07 Å². The van der Waals surface area contributed by atoms with Crippen molar-refractivity contribution in [2.24, 2.45) is 0 Å². The molecule has 132 valence electrons. The Bertz CT molecular complexity index is 772. The molecule has 0 amide bonds. The van der Waals surface area contributed by atoms with Crippen molar-refractivity contribution in [2.75, 3.05) is 39.5 Å². The van der Waals surface area contributed by atoms with Gasteiger partial charge in [-0.2, -0.15) is 0 Å². The summed E-state index contributed by atoms with van der Waals surface area (Å²) < 4.78 is 13.8. The smallest absolute Gasteiger partial charge is 0.124 e. The van der Waals surface area contributed by atoms with Gasteiger partial charge in [-0.3, -0.25) is 4.90 Å². The van der Waals surface area contributed by atoms with Gasteiger partial charge in [0.05, 0.1) is 0 Å². The van der Waals surface area contributed by atoms with E-state index in [1.165, 1.54) is 20.9 Å². The predicted octanol–water partition coefficient (Wildman–Crippen LogP) is 4.54. The van der Waals surface area contributed by atoms with E-state index in [9.17, 15) is 4.39 Å². The van der Waals surface area contributed by atoms with Crippen LogP contribution in [-0.4, -0.2) is 49.3 Å². The van der Waals surface area contributed by atoms with E-state index in [1.54, 1.807) is 35.7 Å². The summed E-state index contributed by atoms with van der Waals surface area (Å²) in [5.41, 5.74) is 2.66. The van der Waals surface area contributed by atoms with Crippen molar-refractivity contribution in [1.82, 2.24) is 9.80 Å². The molecular weight excluding hydrogens is 351 g/mol. The lowest BCUT2D eigenvalue weighted by atomic mass is 9.96. The molecule has 5 heteroatoms. The Labute approximate surface area is 157 Å². The lowest BCUT2D eigenvalue weighted by molar-refractivity contribution is 0.109. The van der Waals surface area contributed by atoms with Crippen molar-refractivity contribution in [3.8, 4) is 0 Å². The number of hydrogen-bond donors (Lipinski definition) is 0. The summed E-state index contributed by atoms with van der Waals surface area (Å²) in [4.78, 5) is 8.64. The van der Waals surface area contributed by atoms with Crippen LogP contribution in [0.2, 0.25) is 0 Å². The highest BCUT2D eigenvalue weighted by Gasteiger charge is 2.29. The normalized spacial score (nSPS) is 21.5. The zero-order valence-electron chi connectivity index (χ0n) is 14.7. The number of thioether (sulfide) groups is 1. The van der Waals surface area contributed by atoms with E-state index in [0.717, 1.165) is 37.5 Å². The van der Waals surface area contributed by atoms with Gasteiger partial charge in [-0.15, -0.1) is 11.8 Å². The fraction of sp³-hybridized carbons (Fsp3) is 0.400. The summed E-state index contributed by atoms with van der Waals surface area (Å²) in [5.74, 6) is -0.147. The lowest BCUT2D eigenvalue weighted by Gasteiger charge is -2.38. The Morgan fingerprint density at radius 2 is 1.84 bits per heavy atom. The molecule has 2 aliphatic heterocycles. The Hall–Kier alpha value is -1.01. The standard InChI is InChI=1S/C20H23FN2S2/c1-22-7-9-23(10-8-22)18-11-14-3-4-15(21)12-20(14)25-19-6-5-16(24-2)13-17(18)19/h3-6,12-13,18H,7-11H2,1-2H3. The number of rotatable bonds is 2. The second-order valence-electron chi connectivity index (χ2n) is 6.82. The zero-order chi connectivity index (χ0) is 17.4. The fourth-order valence-electron chi connectivity index (χ4n) is 3.70. The van der Waals surface area contributed by atoms with Gasteiger partial charge >= 0.3 is 0 Å². The third-order valence-corrected chi connectivity index (χ3v) is 7.13. The molecule has 4 rings (SSSR count). The minimum atomic E-state index is -0.147. The molecule has 2 aromatic carbocycles. The maximum absolute atomic E-state index is 13.8. The number of benzene rings is 2. The first-order valence-corrected chi connectivity index (χ1v) is 10.7. The average Bonchev–Trinajstić information content (AvgIpc) is 2.78. The van der Waals surface area contributed by atoms with E-state index in [-0.39, 0.29) is 5.82 Å². The van der Waals surface area contributed by atoms with Gasteiger partial charge in [-0.05, 0) is 61.2 Å². The quantitative estimate of drug-likeness (QED) is 0.712. The minimum absolute atomic E-state index is 0.147. The molecule has 2 heterocycles. The molecule has 25 heavy (non-hydrogen) atoms. The molecule has 0 radical (unpaired) electrons. The second-order valence-corrected chi connectivity index (χ2v) is 8.78. The highest BCUT2D eigenvalue weighted by molar-refractivity contribution is 7.99. The third kappa shape index (κ3) is 3.61. The lowest BCUT2D eigenvalue weighted by Crippen LogP contribution is -2.46. The van der Waals surface area contributed by atoms with Gasteiger partial charge in [0.15, 0.2) is 0 Å². The molecule has 0 N–H and O–H groups in total. The maximum atomic E-state index is 13.8. The van der Waals surface area contributed by atoms with Crippen molar-refractivity contribution in [3.63, 3.8) is 0 Å². The molecule has 2 nitrogen and oxygen atoms in total. The van der Waals surface area contributed by atoms with E-state index in [2.05, 4.69) is 41.3 Å². The average molecular weight is 375 g/mol. The maximum Gasteiger partial charge on any atom is 0.124 e. The molecule has 0 aromatic heterocycles. The molecule has 2 aromatic rings. The van der Waals surface area contributed by atoms with Crippen molar-refractivity contribution in [2.45, 2.75) is 27.1 Å². The van der Waals surface area contributed by atoms with Crippen LogP contribution in [0.25, 0.3) is 0 Å². The number of hydrogen-bond acceptors (Lipinski definition) is 4. The number of halogens is 1. The molecule has 2 aliphatic rings. The molecular formula is C20H23FN2S2. The van der Waals surface area contributed by atoms with Gasteiger partial charge in [-0.1, -0.05) is 17.8 Å². The summed E-state index contributed by atoms with van der Waals surface area (Å²) >= 11 is 3.51. The zero-order valence-corrected chi connectivity index (χ0v) is 16.3. The first-order valence-electron chi connectivity index (χ1n) is 8.71. The number of nitrogens with zero attached hydrogens (tertiary/aromatic N) is 2. The Morgan fingerprint density at radius 1 is 1.04 bits per heavy atom. The van der Waals surface area contributed by atoms with Crippen molar-refractivity contribution < 1.29 is 4.39 Å². The molecule has 1 fully saturated rings. The Kier molecular flexibility index (Phi) is 5.09. The van der Waals surface area contributed by atoms with Crippen LogP contribution in [0.3, 0.4) is 0 Å². The van der Waals surface area contributed by atoms with Crippen LogP contribution in [-0.2, 0) is 6.42 Å². The predicted molar refractivity (Wildman–Crippen MR) is 104 cm³/mol. The number of piperazine rings is 1. The molecule has 0 spiro atoms. The highest BCUT2D eigenvalue weighted by Crippen LogP contribution is 2.44. The second kappa shape index (κ2) is 7.31. The van der Waals surface area contributed by atoms with Gasteiger partial charge in [0.25, 0.3) is 0 Å². The largest absolute Gasteiger partial charge is 0.304 e.